The van der Waals surface area contributed by atoms with Gasteiger partial charge >= 0.3 is 0 Å². The van der Waals surface area contributed by atoms with Gasteiger partial charge in [0.05, 0.1) is 0 Å². The van der Waals surface area contributed by atoms with Gasteiger partial charge in [0.25, 0.3) is 0 Å². The van der Waals surface area contributed by atoms with Crippen LogP contribution in [0.3, 0.4) is 0 Å². The number of hydrogen-bond acceptors (Lipinski definition) is 2. The fraction of sp³-hybridized carbons (Fsp3) is 0.538. The second-order valence-corrected chi connectivity index (χ2v) is 4.65. The quantitative estimate of drug-likeness (QED) is 0.794. The molecule has 0 amide bonds. The number of anilines is 1. The number of aryl methyl sites for hydroxylation is 1. The van der Waals surface area contributed by atoms with Crippen LogP contribution in [0.15, 0.2) is 18.2 Å². The molecule has 1 aliphatic rings. The van der Waals surface area contributed by atoms with Crippen LogP contribution in [0.25, 0.3) is 0 Å². The molecule has 1 N–H and O–H groups in total. The molecule has 1 unspecified atom stereocenters. The van der Waals surface area contributed by atoms with E-state index in [2.05, 4.69) is 49.4 Å². The molecule has 82 valence electrons. The Hall–Kier alpha value is -1.02. The third-order valence-corrected chi connectivity index (χ3v) is 3.16. The van der Waals surface area contributed by atoms with Crippen molar-refractivity contribution in [2.24, 2.45) is 0 Å². The van der Waals surface area contributed by atoms with E-state index in [1.807, 2.05) is 0 Å². The van der Waals surface area contributed by atoms with Gasteiger partial charge in [0.15, 0.2) is 0 Å². The zero-order chi connectivity index (χ0) is 10.8. The van der Waals surface area contributed by atoms with E-state index in [1.54, 1.807) is 0 Å². The first-order valence-corrected chi connectivity index (χ1v) is 5.67. The summed E-state index contributed by atoms with van der Waals surface area (Å²) in [5, 5.41) is 3.44. The molecule has 1 heterocycles. The molecule has 0 saturated carbocycles. The van der Waals surface area contributed by atoms with Crippen molar-refractivity contribution in [2.75, 3.05) is 32.1 Å². The third-order valence-electron chi connectivity index (χ3n) is 3.16. The van der Waals surface area contributed by atoms with E-state index in [0.29, 0.717) is 5.92 Å². The molecule has 2 heteroatoms. The molecule has 15 heavy (non-hydrogen) atoms. The Kier molecular flexibility index (Phi) is 2.96. The third kappa shape index (κ3) is 2.15. The Labute approximate surface area is 92.3 Å². The highest BCUT2D eigenvalue weighted by Gasteiger charge is 2.20. The molecule has 0 aliphatic carbocycles. The highest BCUT2D eigenvalue weighted by Crippen LogP contribution is 2.31. The van der Waals surface area contributed by atoms with Gasteiger partial charge in [-0.3, -0.25) is 0 Å². The average Bonchev–Trinajstić information content (AvgIpc) is 2.69. The fourth-order valence-corrected chi connectivity index (χ4v) is 2.33. The number of benzene rings is 1. The van der Waals surface area contributed by atoms with Gasteiger partial charge in [-0.05, 0) is 37.4 Å². The Morgan fingerprint density at radius 2 is 2.13 bits per heavy atom. The summed E-state index contributed by atoms with van der Waals surface area (Å²) in [6.45, 7) is 4.46. The molecule has 1 aliphatic heterocycles. The SMILES string of the molecule is Cc1ccc(N(C)C)c(C2CCNC2)c1. The number of nitrogens with one attached hydrogen (secondary N) is 1. The molecule has 1 atom stereocenters. The van der Waals surface area contributed by atoms with Gasteiger partial charge in [-0.15, -0.1) is 0 Å². The second-order valence-electron chi connectivity index (χ2n) is 4.65. The van der Waals surface area contributed by atoms with Gasteiger partial charge in [0, 0.05) is 26.3 Å². The minimum Gasteiger partial charge on any atom is -0.377 e. The zero-order valence-corrected chi connectivity index (χ0v) is 9.88. The summed E-state index contributed by atoms with van der Waals surface area (Å²) in [5.74, 6) is 0.697. The van der Waals surface area contributed by atoms with Crippen LogP contribution in [0.4, 0.5) is 5.69 Å². The maximum Gasteiger partial charge on any atom is 0.0397 e. The van der Waals surface area contributed by atoms with Crippen LogP contribution in [0, 0.1) is 6.92 Å². The van der Waals surface area contributed by atoms with Crippen LogP contribution < -0.4 is 10.2 Å². The minimum absolute atomic E-state index is 0.697. The maximum absolute atomic E-state index is 3.44. The summed E-state index contributed by atoms with van der Waals surface area (Å²) in [4.78, 5) is 2.22. The van der Waals surface area contributed by atoms with E-state index in [0.717, 1.165) is 13.1 Å². The zero-order valence-electron chi connectivity index (χ0n) is 9.88. The van der Waals surface area contributed by atoms with Crippen LogP contribution in [0.1, 0.15) is 23.5 Å². The Bertz CT molecular complexity index is 338. The smallest absolute Gasteiger partial charge is 0.0397 e. The van der Waals surface area contributed by atoms with E-state index in [-0.39, 0.29) is 0 Å². The predicted octanol–water partition coefficient (Wildman–Crippen LogP) is 2.14. The average molecular weight is 204 g/mol. The summed E-state index contributed by atoms with van der Waals surface area (Å²) in [6.07, 6.45) is 1.27. The van der Waals surface area contributed by atoms with Crippen molar-refractivity contribution >= 4 is 5.69 Å². The first kappa shape index (κ1) is 10.5. The normalized spacial score (nSPS) is 20.6. The first-order valence-electron chi connectivity index (χ1n) is 5.67. The minimum atomic E-state index is 0.697. The van der Waals surface area contributed by atoms with Crippen LogP contribution >= 0.6 is 0 Å². The van der Waals surface area contributed by atoms with E-state index in [9.17, 15) is 0 Å². The molecule has 0 spiro atoms. The summed E-state index contributed by atoms with van der Waals surface area (Å²) in [7, 11) is 4.24. The molecule has 1 aromatic carbocycles. The van der Waals surface area contributed by atoms with Crippen LogP contribution in [-0.2, 0) is 0 Å². The molecule has 1 fully saturated rings. The van der Waals surface area contributed by atoms with Crippen molar-refractivity contribution in [3.05, 3.63) is 29.3 Å². The lowest BCUT2D eigenvalue weighted by atomic mass is 9.94. The summed E-state index contributed by atoms with van der Waals surface area (Å²) >= 11 is 0. The number of nitrogens with zero attached hydrogens (tertiary/aromatic N) is 1. The molecule has 2 rings (SSSR count). The second kappa shape index (κ2) is 4.23. The van der Waals surface area contributed by atoms with Crippen molar-refractivity contribution in [1.29, 1.82) is 0 Å². The van der Waals surface area contributed by atoms with Crippen molar-refractivity contribution < 1.29 is 0 Å². The van der Waals surface area contributed by atoms with E-state index >= 15 is 0 Å². The fourth-order valence-electron chi connectivity index (χ4n) is 2.33. The van der Waals surface area contributed by atoms with Crippen molar-refractivity contribution in [3.8, 4) is 0 Å². The molecule has 0 bridgehead atoms. The molecular weight excluding hydrogens is 184 g/mol. The predicted molar refractivity (Wildman–Crippen MR) is 65.7 cm³/mol. The highest BCUT2D eigenvalue weighted by molar-refractivity contribution is 5.55. The Balaban J connectivity index is 2.37. The largest absolute Gasteiger partial charge is 0.377 e. The van der Waals surface area contributed by atoms with Crippen molar-refractivity contribution in [3.63, 3.8) is 0 Å². The van der Waals surface area contributed by atoms with Crippen molar-refractivity contribution in [2.45, 2.75) is 19.3 Å². The van der Waals surface area contributed by atoms with E-state index in [1.165, 1.54) is 23.2 Å². The standard InChI is InChI=1S/C13H20N2/c1-10-4-5-13(15(2)3)12(8-10)11-6-7-14-9-11/h4-5,8,11,14H,6-7,9H2,1-3H3. The lowest BCUT2D eigenvalue weighted by molar-refractivity contribution is 0.759. The molecule has 0 aromatic heterocycles. The van der Waals surface area contributed by atoms with Gasteiger partial charge < -0.3 is 10.2 Å². The molecule has 0 radical (unpaired) electrons. The summed E-state index contributed by atoms with van der Waals surface area (Å²) in [5.41, 5.74) is 4.24. The molecule has 2 nitrogen and oxygen atoms in total. The van der Waals surface area contributed by atoms with Gasteiger partial charge in [0.2, 0.25) is 0 Å². The molecular formula is C13H20N2. The van der Waals surface area contributed by atoms with Gasteiger partial charge in [-0.25, -0.2) is 0 Å². The molecule has 1 aromatic rings. The summed E-state index contributed by atoms with van der Waals surface area (Å²) < 4.78 is 0. The topological polar surface area (TPSA) is 15.3 Å². The van der Waals surface area contributed by atoms with Crippen LogP contribution in [0.2, 0.25) is 0 Å². The number of hydrogen-bond donors (Lipinski definition) is 1. The van der Waals surface area contributed by atoms with E-state index in [4.69, 9.17) is 0 Å². The van der Waals surface area contributed by atoms with Crippen molar-refractivity contribution in [1.82, 2.24) is 5.32 Å². The summed E-state index contributed by atoms with van der Waals surface area (Å²) in [6, 6.07) is 6.78. The van der Waals surface area contributed by atoms with Gasteiger partial charge in [-0.2, -0.15) is 0 Å². The molecule has 1 saturated heterocycles. The Morgan fingerprint density at radius 1 is 1.33 bits per heavy atom. The van der Waals surface area contributed by atoms with Crippen LogP contribution in [0.5, 0.6) is 0 Å². The monoisotopic (exact) mass is 204 g/mol. The van der Waals surface area contributed by atoms with Gasteiger partial charge in [-0.1, -0.05) is 17.7 Å². The van der Waals surface area contributed by atoms with Gasteiger partial charge in [0.1, 0.15) is 0 Å². The highest BCUT2D eigenvalue weighted by atomic mass is 15.1. The van der Waals surface area contributed by atoms with Crippen LogP contribution in [-0.4, -0.2) is 27.2 Å². The van der Waals surface area contributed by atoms with E-state index < -0.39 is 0 Å². The lowest BCUT2D eigenvalue weighted by Gasteiger charge is -2.21. The number of rotatable bonds is 2. The lowest BCUT2D eigenvalue weighted by Crippen LogP contribution is -2.15. The Morgan fingerprint density at radius 3 is 2.73 bits per heavy atom. The maximum atomic E-state index is 3.44. The first-order chi connectivity index (χ1) is 7.18.